The number of halogens is 1. The Hall–Kier alpha value is -1.24. The van der Waals surface area contributed by atoms with E-state index in [0.717, 1.165) is 10.0 Å². The second kappa shape index (κ2) is 5.81. The summed E-state index contributed by atoms with van der Waals surface area (Å²) >= 11 is 3.35. The summed E-state index contributed by atoms with van der Waals surface area (Å²) in [7, 11) is -3.51. The Kier molecular flexibility index (Phi) is 4.34. The highest BCUT2D eigenvalue weighted by molar-refractivity contribution is 9.10. The van der Waals surface area contributed by atoms with Crippen LogP contribution in [0, 0.1) is 6.92 Å². The Morgan fingerprint density at radius 1 is 1.26 bits per heavy atom. The molecule has 0 aliphatic carbocycles. The molecule has 0 bridgehead atoms. The predicted octanol–water partition coefficient (Wildman–Crippen LogP) is 2.63. The number of nitrogens with zero attached hydrogens (tertiary/aromatic N) is 1. The zero-order valence-corrected chi connectivity index (χ0v) is 12.7. The lowest BCUT2D eigenvalue weighted by Gasteiger charge is -2.08. The van der Waals surface area contributed by atoms with Crippen molar-refractivity contribution >= 4 is 26.0 Å². The van der Waals surface area contributed by atoms with Crippen molar-refractivity contribution in [2.75, 3.05) is 0 Å². The number of nitrogens with one attached hydrogen (secondary N) is 1. The number of hydrogen-bond donors (Lipinski definition) is 1. The van der Waals surface area contributed by atoms with Gasteiger partial charge in [0.1, 0.15) is 0 Å². The quantitative estimate of drug-likeness (QED) is 0.930. The third-order valence-electron chi connectivity index (χ3n) is 2.61. The van der Waals surface area contributed by atoms with E-state index in [1.54, 1.807) is 36.5 Å². The van der Waals surface area contributed by atoms with Crippen LogP contribution >= 0.6 is 15.9 Å². The van der Waals surface area contributed by atoms with Crippen LogP contribution in [0.2, 0.25) is 0 Å². The lowest BCUT2D eigenvalue weighted by atomic mass is 10.2. The second-order valence-electron chi connectivity index (χ2n) is 4.06. The SMILES string of the molecule is Cc1cc(S(=O)(=O)NCc2ccccn2)ccc1Br. The van der Waals surface area contributed by atoms with Gasteiger partial charge in [-0.15, -0.1) is 0 Å². The minimum absolute atomic E-state index is 0.179. The van der Waals surface area contributed by atoms with Crippen LogP contribution in [0.4, 0.5) is 0 Å². The molecular formula is C13H13BrN2O2S. The average Bonchev–Trinajstić information content (AvgIpc) is 2.41. The molecule has 1 aromatic carbocycles. The van der Waals surface area contributed by atoms with Gasteiger partial charge in [0.15, 0.2) is 0 Å². The van der Waals surface area contributed by atoms with Gasteiger partial charge in [-0.2, -0.15) is 0 Å². The van der Waals surface area contributed by atoms with Gasteiger partial charge in [-0.1, -0.05) is 22.0 Å². The summed E-state index contributed by atoms with van der Waals surface area (Å²) in [5, 5.41) is 0. The van der Waals surface area contributed by atoms with Crippen LogP contribution in [-0.4, -0.2) is 13.4 Å². The smallest absolute Gasteiger partial charge is 0.240 e. The number of aryl methyl sites for hydroxylation is 1. The molecule has 1 heterocycles. The van der Waals surface area contributed by atoms with E-state index in [-0.39, 0.29) is 11.4 Å². The maximum Gasteiger partial charge on any atom is 0.240 e. The van der Waals surface area contributed by atoms with Crippen molar-refractivity contribution in [1.29, 1.82) is 0 Å². The van der Waals surface area contributed by atoms with Crippen molar-refractivity contribution < 1.29 is 8.42 Å². The molecule has 2 aromatic rings. The standard InChI is InChI=1S/C13H13BrN2O2S/c1-10-8-12(5-6-13(10)14)19(17,18)16-9-11-4-2-3-7-15-11/h2-8,16H,9H2,1H3. The molecule has 0 saturated carbocycles. The summed E-state index contributed by atoms with van der Waals surface area (Å²) in [5.41, 5.74) is 1.56. The Balaban J connectivity index is 2.16. The highest BCUT2D eigenvalue weighted by atomic mass is 79.9. The number of hydrogen-bond acceptors (Lipinski definition) is 3. The van der Waals surface area contributed by atoms with Gasteiger partial charge in [0.05, 0.1) is 17.1 Å². The summed E-state index contributed by atoms with van der Waals surface area (Å²) in [6.45, 7) is 2.03. The molecule has 100 valence electrons. The first-order valence-electron chi connectivity index (χ1n) is 5.65. The fourth-order valence-corrected chi connectivity index (χ4v) is 2.87. The summed E-state index contributed by atoms with van der Waals surface area (Å²) < 4.78 is 27.6. The monoisotopic (exact) mass is 340 g/mol. The molecule has 0 unspecified atom stereocenters. The third-order valence-corrected chi connectivity index (χ3v) is 4.90. The van der Waals surface area contributed by atoms with Crippen molar-refractivity contribution in [3.8, 4) is 0 Å². The van der Waals surface area contributed by atoms with Gasteiger partial charge in [0.25, 0.3) is 0 Å². The molecule has 1 aromatic heterocycles. The highest BCUT2D eigenvalue weighted by Gasteiger charge is 2.14. The summed E-state index contributed by atoms with van der Waals surface area (Å²) in [4.78, 5) is 4.33. The van der Waals surface area contributed by atoms with Crippen molar-refractivity contribution in [1.82, 2.24) is 9.71 Å². The number of rotatable bonds is 4. The lowest BCUT2D eigenvalue weighted by Crippen LogP contribution is -2.23. The first-order chi connectivity index (χ1) is 8.99. The number of pyridine rings is 1. The van der Waals surface area contributed by atoms with E-state index in [0.29, 0.717) is 5.69 Å². The van der Waals surface area contributed by atoms with Crippen LogP contribution in [0.25, 0.3) is 0 Å². The first kappa shape index (κ1) is 14.2. The van der Waals surface area contributed by atoms with Gasteiger partial charge in [-0.05, 0) is 42.8 Å². The molecular weight excluding hydrogens is 328 g/mol. The predicted molar refractivity (Wildman–Crippen MR) is 77.1 cm³/mol. The van der Waals surface area contributed by atoms with Gasteiger partial charge < -0.3 is 0 Å². The van der Waals surface area contributed by atoms with Crippen LogP contribution in [0.15, 0.2) is 52.0 Å². The largest absolute Gasteiger partial charge is 0.260 e. The Bertz CT molecular complexity index is 672. The van der Waals surface area contributed by atoms with E-state index in [9.17, 15) is 8.42 Å². The topological polar surface area (TPSA) is 59.1 Å². The van der Waals surface area contributed by atoms with Gasteiger partial charge in [0.2, 0.25) is 10.0 Å². The number of sulfonamides is 1. The molecule has 0 atom stereocenters. The average molecular weight is 341 g/mol. The fourth-order valence-electron chi connectivity index (χ4n) is 1.54. The molecule has 1 N–H and O–H groups in total. The van der Waals surface area contributed by atoms with Crippen LogP contribution in [0.1, 0.15) is 11.3 Å². The molecule has 0 aliphatic rings. The van der Waals surface area contributed by atoms with E-state index >= 15 is 0 Å². The first-order valence-corrected chi connectivity index (χ1v) is 7.92. The van der Waals surface area contributed by atoms with Gasteiger partial charge in [0, 0.05) is 10.7 Å². The van der Waals surface area contributed by atoms with Crippen molar-refractivity contribution in [3.63, 3.8) is 0 Å². The van der Waals surface area contributed by atoms with E-state index in [4.69, 9.17) is 0 Å². The maximum absolute atomic E-state index is 12.1. The zero-order chi connectivity index (χ0) is 13.9. The van der Waals surface area contributed by atoms with Crippen LogP contribution in [0.3, 0.4) is 0 Å². The molecule has 6 heteroatoms. The van der Waals surface area contributed by atoms with Crippen LogP contribution in [0.5, 0.6) is 0 Å². The normalized spacial score (nSPS) is 11.5. The summed E-state index contributed by atoms with van der Waals surface area (Å²) in [5.74, 6) is 0. The van der Waals surface area contributed by atoms with E-state index in [2.05, 4.69) is 25.6 Å². The molecule has 2 rings (SSSR count). The Morgan fingerprint density at radius 2 is 2.05 bits per heavy atom. The molecule has 0 saturated heterocycles. The number of aromatic nitrogens is 1. The van der Waals surface area contributed by atoms with E-state index < -0.39 is 10.0 Å². The van der Waals surface area contributed by atoms with Gasteiger partial charge in [-0.25, -0.2) is 13.1 Å². The molecule has 0 spiro atoms. The van der Waals surface area contributed by atoms with E-state index in [1.807, 2.05) is 13.0 Å². The fraction of sp³-hybridized carbons (Fsp3) is 0.154. The van der Waals surface area contributed by atoms with Crippen molar-refractivity contribution in [3.05, 3.63) is 58.3 Å². The third kappa shape index (κ3) is 3.62. The molecule has 0 amide bonds. The van der Waals surface area contributed by atoms with Crippen molar-refractivity contribution in [2.45, 2.75) is 18.4 Å². The minimum Gasteiger partial charge on any atom is -0.260 e. The van der Waals surface area contributed by atoms with Crippen molar-refractivity contribution in [2.24, 2.45) is 0 Å². The molecule has 4 nitrogen and oxygen atoms in total. The zero-order valence-electron chi connectivity index (χ0n) is 10.3. The number of benzene rings is 1. The highest BCUT2D eigenvalue weighted by Crippen LogP contribution is 2.19. The molecule has 0 fully saturated rings. The Morgan fingerprint density at radius 3 is 2.68 bits per heavy atom. The molecule has 19 heavy (non-hydrogen) atoms. The lowest BCUT2D eigenvalue weighted by molar-refractivity contribution is 0.580. The van der Waals surface area contributed by atoms with E-state index in [1.165, 1.54) is 0 Å². The van der Waals surface area contributed by atoms with Crippen LogP contribution in [-0.2, 0) is 16.6 Å². The summed E-state index contributed by atoms with van der Waals surface area (Å²) in [6, 6.07) is 10.3. The summed E-state index contributed by atoms with van der Waals surface area (Å²) in [6.07, 6.45) is 1.63. The molecule has 0 radical (unpaired) electrons. The molecule has 0 aliphatic heterocycles. The van der Waals surface area contributed by atoms with Gasteiger partial charge in [-0.3, -0.25) is 4.98 Å². The maximum atomic E-state index is 12.1. The van der Waals surface area contributed by atoms with Gasteiger partial charge >= 0.3 is 0 Å². The minimum atomic E-state index is -3.51. The van der Waals surface area contributed by atoms with Crippen LogP contribution < -0.4 is 4.72 Å². The Labute approximate surface area is 121 Å². The second-order valence-corrected chi connectivity index (χ2v) is 6.68.